The highest BCUT2D eigenvalue weighted by Crippen LogP contribution is 2.41. The van der Waals surface area contributed by atoms with Crippen molar-refractivity contribution in [1.29, 1.82) is 0 Å². The lowest BCUT2D eigenvalue weighted by Gasteiger charge is -2.44. The lowest BCUT2D eigenvalue weighted by atomic mass is 9.97. The van der Waals surface area contributed by atoms with Gasteiger partial charge in [0.05, 0.1) is 22.3 Å². The van der Waals surface area contributed by atoms with Crippen molar-refractivity contribution < 1.29 is 113 Å². The van der Waals surface area contributed by atoms with Crippen LogP contribution in [0.5, 0.6) is 74.7 Å². The summed E-state index contributed by atoms with van der Waals surface area (Å²) in [4.78, 5) is 70.6. The second kappa shape index (κ2) is 19.6. The molecule has 0 spiro atoms. The van der Waals surface area contributed by atoms with E-state index >= 15 is 0 Å². The van der Waals surface area contributed by atoms with Crippen LogP contribution in [0.3, 0.4) is 0 Å². The van der Waals surface area contributed by atoms with Crippen molar-refractivity contribution in [1.82, 2.24) is 0 Å². The van der Waals surface area contributed by atoms with Gasteiger partial charge in [-0.25, -0.2) is 19.2 Å². The zero-order chi connectivity index (χ0) is 52.6. The van der Waals surface area contributed by atoms with Crippen LogP contribution in [-0.2, 0) is 23.7 Å². The maximum atomic E-state index is 14.6. The molecule has 6 aromatic carbocycles. The number of hydrogen-bond acceptors (Lipinski definition) is 24. The van der Waals surface area contributed by atoms with Gasteiger partial charge < -0.3 is 94.1 Å². The standard InChI is InChI=1S/C49H36O24/c50-24-16-35(61)38-36(17-24)68-40(19-1-6-25(51)30(56)11-19)42(39(38)62)73-49-44(72-48(66)23-5-10-29(55)34(60)15-23)43(71-47(65)22-4-9-28(54)33(59)14-22)41(70-46(64)21-3-8-27(53)32(58)13-21)37(69-49)18-67-45(63)20-2-7-26(52)31(57)12-20/h1-17,37,41,43-44,49-61H,18H2/t37-,41-,43+,44-,49+/m0/s1. The van der Waals surface area contributed by atoms with Crippen molar-refractivity contribution >= 4 is 34.8 Å². The molecule has 24 heteroatoms. The fourth-order valence-corrected chi connectivity index (χ4v) is 7.27. The highest BCUT2D eigenvalue weighted by atomic mass is 16.7. The number of carbonyl (C=O) groups excluding carboxylic acids is 4. The Balaban J connectivity index is 1.34. The average Bonchev–Trinajstić information content (AvgIpc) is 3.34. The molecule has 1 saturated heterocycles. The SMILES string of the molecule is O=C(OC[C@@H]1O[C@H](Oc2c(-c3ccc(O)c(O)c3)oc3cc(O)cc(O)c3c2=O)[C@@H](OC(=O)c2ccc(O)c(O)c2)[C@H](OC(=O)c2ccc(O)c(O)c2)[C@H]1OC(=O)c1ccc(O)c(O)c1)c1ccc(O)c(O)c1. The number of phenolic OH excluding ortho intramolecular Hbond substituents is 12. The van der Waals surface area contributed by atoms with E-state index in [-0.39, 0.29) is 11.1 Å². The summed E-state index contributed by atoms with van der Waals surface area (Å²) in [5, 5.41) is 122. The third-order valence-electron chi connectivity index (χ3n) is 10.9. The Bertz CT molecular complexity index is 3420. The molecule has 0 unspecified atom stereocenters. The van der Waals surface area contributed by atoms with Gasteiger partial charge in [0.2, 0.25) is 23.6 Å². The maximum Gasteiger partial charge on any atom is 0.338 e. The minimum Gasteiger partial charge on any atom is -0.508 e. The van der Waals surface area contributed by atoms with Crippen LogP contribution in [0, 0.1) is 0 Å². The van der Waals surface area contributed by atoms with E-state index in [0.717, 1.165) is 103 Å². The van der Waals surface area contributed by atoms with Crippen LogP contribution in [0.4, 0.5) is 0 Å². The van der Waals surface area contributed by atoms with Crippen LogP contribution in [0.15, 0.2) is 112 Å². The number of rotatable bonds is 12. The summed E-state index contributed by atoms with van der Waals surface area (Å²) in [6.45, 7) is -1.09. The molecule has 1 aromatic heterocycles. The summed E-state index contributed by atoms with van der Waals surface area (Å²) in [7, 11) is 0. The van der Waals surface area contributed by atoms with Crippen LogP contribution in [0.1, 0.15) is 41.4 Å². The number of phenols is 12. The molecule has 1 aliphatic heterocycles. The van der Waals surface area contributed by atoms with Crippen molar-refractivity contribution in [3.63, 3.8) is 0 Å². The van der Waals surface area contributed by atoms with Gasteiger partial charge >= 0.3 is 23.9 Å². The Morgan fingerprint density at radius 1 is 0.452 bits per heavy atom. The number of hydrogen-bond donors (Lipinski definition) is 12. The Morgan fingerprint density at radius 2 is 0.877 bits per heavy atom. The van der Waals surface area contributed by atoms with E-state index in [4.69, 9.17) is 32.8 Å². The summed E-state index contributed by atoms with van der Waals surface area (Å²) in [5.74, 6) is -16.0. The summed E-state index contributed by atoms with van der Waals surface area (Å²) in [6, 6.07) is 15.2. The molecule has 2 heterocycles. The van der Waals surface area contributed by atoms with Crippen molar-refractivity contribution in [3.8, 4) is 86.1 Å². The van der Waals surface area contributed by atoms with Crippen LogP contribution >= 0.6 is 0 Å². The summed E-state index contributed by atoms with van der Waals surface area (Å²) < 4.78 is 41.5. The van der Waals surface area contributed by atoms with Gasteiger partial charge in [-0.1, -0.05) is 0 Å². The van der Waals surface area contributed by atoms with Crippen molar-refractivity contribution in [2.24, 2.45) is 0 Å². The predicted octanol–water partition coefficient (Wildman–Crippen LogP) is 4.56. The molecular weight excluding hydrogens is 973 g/mol. The molecule has 0 aliphatic carbocycles. The molecule has 12 N–H and O–H groups in total. The third-order valence-corrected chi connectivity index (χ3v) is 10.9. The highest BCUT2D eigenvalue weighted by Gasteiger charge is 2.55. The molecule has 5 atom stereocenters. The van der Waals surface area contributed by atoms with Gasteiger partial charge in [0.25, 0.3) is 0 Å². The maximum absolute atomic E-state index is 14.6. The second-order valence-corrected chi connectivity index (χ2v) is 15.8. The summed E-state index contributed by atoms with van der Waals surface area (Å²) in [5.41, 5.74) is -3.95. The van der Waals surface area contributed by atoms with Gasteiger partial charge in [0.1, 0.15) is 35.2 Å². The van der Waals surface area contributed by atoms with Crippen LogP contribution < -0.4 is 10.2 Å². The number of aromatic hydroxyl groups is 12. The van der Waals surface area contributed by atoms with Gasteiger partial charge in [0.15, 0.2) is 75.5 Å². The Morgan fingerprint density at radius 3 is 1.34 bits per heavy atom. The van der Waals surface area contributed by atoms with Gasteiger partial charge in [-0.15, -0.1) is 0 Å². The van der Waals surface area contributed by atoms with E-state index in [1.807, 2.05) is 0 Å². The smallest absolute Gasteiger partial charge is 0.338 e. The lowest BCUT2D eigenvalue weighted by Crippen LogP contribution is -2.64. The summed E-state index contributed by atoms with van der Waals surface area (Å²) in [6.07, 6.45) is -11.4. The van der Waals surface area contributed by atoms with E-state index in [9.17, 15) is 85.3 Å². The predicted molar refractivity (Wildman–Crippen MR) is 241 cm³/mol. The van der Waals surface area contributed by atoms with Crippen molar-refractivity contribution in [3.05, 3.63) is 136 Å². The van der Waals surface area contributed by atoms with Gasteiger partial charge in [-0.05, 0) is 91.0 Å². The van der Waals surface area contributed by atoms with E-state index in [0.29, 0.717) is 0 Å². The fraction of sp³-hybridized carbons (Fsp3) is 0.122. The second-order valence-electron chi connectivity index (χ2n) is 15.8. The third kappa shape index (κ3) is 10.1. The normalized spacial score (nSPS) is 17.3. The first-order chi connectivity index (χ1) is 34.7. The number of carbonyl (C=O) groups is 4. The molecular formula is C49H36O24. The van der Waals surface area contributed by atoms with Gasteiger partial charge in [0, 0.05) is 17.7 Å². The molecule has 8 rings (SSSR count). The zero-order valence-electron chi connectivity index (χ0n) is 36.7. The van der Waals surface area contributed by atoms with Crippen LogP contribution in [0.2, 0.25) is 0 Å². The molecule has 1 fully saturated rings. The molecule has 0 amide bonds. The Hall–Kier alpha value is -10.2. The molecule has 24 nitrogen and oxygen atoms in total. The number of fused-ring (bicyclic) bond motifs is 1. The Kier molecular flexibility index (Phi) is 13.2. The number of ether oxygens (including phenoxy) is 6. The molecule has 1 aliphatic rings. The van der Waals surface area contributed by atoms with E-state index < -0.39 is 175 Å². The first kappa shape index (κ1) is 49.2. The van der Waals surface area contributed by atoms with E-state index in [1.54, 1.807) is 0 Å². The molecule has 0 saturated carbocycles. The quantitative estimate of drug-likeness (QED) is 0.0453. The molecule has 376 valence electrons. The largest absolute Gasteiger partial charge is 0.508 e. The van der Waals surface area contributed by atoms with Crippen LogP contribution in [0.25, 0.3) is 22.3 Å². The first-order valence-corrected chi connectivity index (χ1v) is 20.9. The van der Waals surface area contributed by atoms with E-state index in [2.05, 4.69) is 0 Å². The average molecular weight is 1010 g/mol. The Labute approximate surface area is 406 Å². The first-order valence-electron chi connectivity index (χ1n) is 20.9. The molecule has 0 bridgehead atoms. The summed E-state index contributed by atoms with van der Waals surface area (Å²) >= 11 is 0. The monoisotopic (exact) mass is 1010 g/mol. The van der Waals surface area contributed by atoms with E-state index in [1.165, 1.54) is 0 Å². The number of esters is 4. The highest BCUT2D eigenvalue weighted by molar-refractivity contribution is 5.93. The van der Waals surface area contributed by atoms with Gasteiger partial charge in [-0.3, -0.25) is 4.79 Å². The minimum absolute atomic E-state index is 0.252. The van der Waals surface area contributed by atoms with Crippen molar-refractivity contribution in [2.45, 2.75) is 30.7 Å². The molecule has 0 radical (unpaired) electrons. The van der Waals surface area contributed by atoms with Gasteiger partial charge in [-0.2, -0.15) is 0 Å². The van der Waals surface area contributed by atoms with Crippen LogP contribution in [-0.4, -0.2) is 122 Å². The van der Waals surface area contributed by atoms with Crippen molar-refractivity contribution in [2.75, 3.05) is 6.61 Å². The fourth-order valence-electron chi connectivity index (χ4n) is 7.27. The number of benzene rings is 6. The molecule has 73 heavy (non-hydrogen) atoms. The lowest BCUT2D eigenvalue weighted by molar-refractivity contribution is -0.275. The minimum atomic E-state index is -2.42. The molecule has 7 aromatic rings. The topological polar surface area (TPSA) is 397 Å². The zero-order valence-corrected chi connectivity index (χ0v) is 36.7.